The number of nitrogens with one attached hydrogen (secondary N) is 2. The van der Waals surface area contributed by atoms with Gasteiger partial charge in [-0.2, -0.15) is 0 Å². The van der Waals surface area contributed by atoms with Crippen LogP contribution in [0, 0.1) is 0 Å². The van der Waals surface area contributed by atoms with Crippen molar-refractivity contribution in [1.29, 1.82) is 0 Å². The van der Waals surface area contributed by atoms with Gasteiger partial charge in [0.15, 0.2) is 0 Å². The molecule has 0 spiro atoms. The number of hydrogen-bond donors (Lipinski definition) is 2. The summed E-state index contributed by atoms with van der Waals surface area (Å²) in [6.07, 6.45) is 1.85. The second-order valence-corrected chi connectivity index (χ2v) is 6.37. The molecule has 0 saturated carbocycles. The van der Waals surface area contributed by atoms with Crippen LogP contribution in [0.2, 0.25) is 0 Å². The summed E-state index contributed by atoms with van der Waals surface area (Å²) in [5.41, 5.74) is 4.14. The molecule has 1 saturated heterocycles. The standard InChI is InChI=1S/C20H19N5.C2H6/c1-2-5-17-14(4-1)19-15(8-9-22-20(19)24-17)16-6-3-7-18(23-16)25-12-10-21-11-13-25;1-2/h1-9,21H,10-13H2,(H,22,24);1-2H3. The van der Waals surface area contributed by atoms with Gasteiger partial charge in [-0.05, 0) is 24.3 Å². The van der Waals surface area contributed by atoms with Gasteiger partial charge in [-0.1, -0.05) is 38.1 Å². The van der Waals surface area contributed by atoms with E-state index in [-0.39, 0.29) is 0 Å². The number of H-pyrrole nitrogens is 1. The zero-order valence-electron chi connectivity index (χ0n) is 15.9. The molecule has 0 aliphatic carbocycles. The molecule has 1 aromatic carbocycles. The molecule has 1 aliphatic heterocycles. The third kappa shape index (κ3) is 3.26. The van der Waals surface area contributed by atoms with Crippen LogP contribution in [0.3, 0.4) is 0 Å². The molecule has 5 rings (SSSR count). The molecule has 138 valence electrons. The molecule has 0 bridgehead atoms. The largest absolute Gasteiger partial charge is 0.354 e. The van der Waals surface area contributed by atoms with E-state index in [9.17, 15) is 0 Å². The summed E-state index contributed by atoms with van der Waals surface area (Å²) >= 11 is 0. The van der Waals surface area contributed by atoms with Crippen molar-refractivity contribution >= 4 is 27.8 Å². The van der Waals surface area contributed by atoms with Crippen LogP contribution in [0.15, 0.2) is 54.7 Å². The van der Waals surface area contributed by atoms with Gasteiger partial charge >= 0.3 is 0 Å². The van der Waals surface area contributed by atoms with Crippen molar-refractivity contribution in [3.05, 3.63) is 54.7 Å². The zero-order valence-corrected chi connectivity index (χ0v) is 15.9. The number of anilines is 1. The van der Waals surface area contributed by atoms with Crippen LogP contribution in [0.5, 0.6) is 0 Å². The van der Waals surface area contributed by atoms with Gasteiger partial charge in [0, 0.05) is 54.2 Å². The molecule has 0 amide bonds. The second-order valence-electron chi connectivity index (χ2n) is 6.37. The van der Waals surface area contributed by atoms with Crippen molar-refractivity contribution in [3.63, 3.8) is 0 Å². The highest BCUT2D eigenvalue weighted by molar-refractivity contribution is 6.12. The van der Waals surface area contributed by atoms with Gasteiger partial charge in [-0.25, -0.2) is 9.97 Å². The third-order valence-electron chi connectivity index (χ3n) is 4.85. The van der Waals surface area contributed by atoms with E-state index in [0.717, 1.165) is 59.8 Å². The maximum Gasteiger partial charge on any atom is 0.138 e. The monoisotopic (exact) mass is 359 g/mol. The topological polar surface area (TPSA) is 56.8 Å². The number of aromatic amines is 1. The molecule has 1 fully saturated rings. The Morgan fingerprint density at radius 3 is 2.59 bits per heavy atom. The van der Waals surface area contributed by atoms with E-state index < -0.39 is 0 Å². The fourth-order valence-corrected chi connectivity index (χ4v) is 3.62. The maximum absolute atomic E-state index is 4.96. The van der Waals surface area contributed by atoms with E-state index in [1.807, 2.05) is 26.1 Å². The van der Waals surface area contributed by atoms with E-state index in [0.29, 0.717) is 0 Å². The van der Waals surface area contributed by atoms with Crippen molar-refractivity contribution in [1.82, 2.24) is 20.3 Å². The second kappa shape index (κ2) is 7.76. The van der Waals surface area contributed by atoms with E-state index >= 15 is 0 Å². The first kappa shape index (κ1) is 17.5. The van der Waals surface area contributed by atoms with Gasteiger partial charge in [0.25, 0.3) is 0 Å². The number of nitrogens with zero attached hydrogens (tertiary/aromatic N) is 3. The smallest absolute Gasteiger partial charge is 0.138 e. The lowest BCUT2D eigenvalue weighted by Crippen LogP contribution is -2.43. The molecule has 27 heavy (non-hydrogen) atoms. The summed E-state index contributed by atoms with van der Waals surface area (Å²) in [6, 6.07) is 16.7. The highest BCUT2D eigenvalue weighted by Gasteiger charge is 2.15. The first-order valence-electron chi connectivity index (χ1n) is 9.69. The summed E-state index contributed by atoms with van der Waals surface area (Å²) in [6.45, 7) is 8.01. The predicted molar refractivity (Wildman–Crippen MR) is 113 cm³/mol. The minimum atomic E-state index is 0.910. The van der Waals surface area contributed by atoms with Crippen LogP contribution in [0.25, 0.3) is 33.2 Å². The highest BCUT2D eigenvalue weighted by atomic mass is 15.2. The first-order valence-corrected chi connectivity index (χ1v) is 9.69. The Morgan fingerprint density at radius 2 is 1.74 bits per heavy atom. The van der Waals surface area contributed by atoms with Crippen molar-refractivity contribution in [2.75, 3.05) is 31.1 Å². The Balaban J connectivity index is 0.000000872. The molecule has 3 aromatic heterocycles. The van der Waals surface area contributed by atoms with Gasteiger partial charge in [0.2, 0.25) is 0 Å². The lowest BCUT2D eigenvalue weighted by atomic mass is 10.1. The van der Waals surface area contributed by atoms with Crippen molar-refractivity contribution in [3.8, 4) is 11.3 Å². The number of hydrogen-bond acceptors (Lipinski definition) is 4. The Kier molecular flexibility index (Phi) is 5.03. The lowest BCUT2D eigenvalue weighted by Gasteiger charge is -2.28. The lowest BCUT2D eigenvalue weighted by molar-refractivity contribution is 0.585. The SMILES string of the molecule is CC.c1cc(-c2ccnc3[nH]c4ccccc4c23)nc(N2CCNCC2)c1. The van der Waals surface area contributed by atoms with E-state index in [1.54, 1.807) is 0 Å². The van der Waals surface area contributed by atoms with E-state index in [2.05, 4.69) is 62.6 Å². The molecule has 5 nitrogen and oxygen atoms in total. The van der Waals surface area contributed by atoms with Crippen LogP contribution in [0.4, 0.5) is 5.82 Å². The van der Waals surface area contributed by atoms with Crippen molar-refractivity contribution < 1.29 is 0 Å². The molecule has 0 atom stereocenters. The van der Waals surface area contributed by atoms with Crippen LogP contribution in [-0.4, -0.2) is 41.1 Å². The Bertz CT molecular complexity index is 1050. The predicted octanol–water partition coefficient (Wildman–Crippen LogP) is 4.21. The van der Waals surface area contributed by atoms with Crippen LogP contribution in [-0.2, 0) is 0 Å². The summed E-state index contributed by atoms with van der Waals surface area (Å²) < 4.78 is 0. The summed E-state index contributed by atoms with van der Waals surface area (Å²) in [5.74, 6) is 1.05. The van der Waals surface area contributed by atoms with E-state index in [1.165, 1.54) is 5.39 Å². The van der Waals surface area contributed by atoms with E-state index in [4.69, 9.17) is 4.98 Å². The van der Waals surface area contributed by atoms with Crippen molar-refractivity contribution in [2.45, 2.75) is 13.8 Å². The van der Waals surface area contributed by atoms with Gasteiger partial charge in [0.1, 0.15) is 11.5 Å². The molecule has 1 aliphatic rings. The first-order chi connectivity index (χ1) is 13.4. The van der Waals surface area contributed by atoms with Gasteiger partial charge in [0.05, 0.1) is 5.69 Å². The maximum atomic E-state index is 4.96. The van der Waals surface area contributed by atoms with Crippen LogP contribution >= 0.6 is 0 Å². The Hall–Kier alpha value is -2.92. The number of pyridine rings is 2. The fraction of sp³-hybridized carbons (Fsp3) is 0.273. The molecule has 4 aromatic rings. The number of benzene rings is 1. The molecule has 0 unspecified atom stereocenters. The molecule has 5 heteroatoms. The van der Waals surface area contributed by atoms with Gasteiger partial charge in [-0.15, -0.1) is 0 Å². The van der Waals surface area contributed by atoms with Gasteiger partial charge in [-0.3, -0.25) is 0 Å². The quantitative estimate of drug-likeness (QED) is 0.563. The molecule has 4 heterocycles. The highest BCUT2D eigenvalue weighted by Crippen LogP contribution is 2.33. The number of fused-ring (bicyclic) bond motifs is 3. The Morgan fingerprint density at radius 1 is 0.926 bits per heavy atom. The minimum Gasteiger partial charge on any atom is -0.354 e. The molecular formula is C22H25N5. The average molecular weight is 359 g/mol. The summed E-state index contributed by atoms with van der Waals surface area (Å²) in [5, 5.41) is 5.72. The molecule has 2 N–H and O–H groups in total. The summed E-state index contributed by atoms with van der Waals surface area (Å²) in [4.78, 5) is 15.2. The summed E-state index contributed by atoms with van der Waals surface area (Å²) in [7, 11) is 0. The number of rotatable bonds is 2. The third-order valence-corrected chi connectivity index (χ3v) is 4.85. The van der Waals surface area contributed by atoms with Crippen LogP contribution in [0.1, 0.15) is 13.8 Å². The van der Waals surface area contributed by atoms with Crippen LogP contribution < -0.4 is 10.2 Å². The van der Waals surface area contributed by atoms with Gasteiger partial charge < -0.3 is 15.2 Å². The normalized spacial score (nSPS) is 14.2. The van der Waals surface area contributed by atoms with Crippen molar-refractivity contribution in [2.24, 2.45) is 0 Å². The number of aromatic nitrogens is 3. The number of piperazine rings is 1. The zero-order chi connectivity index (χ0) is 18.6. The fourth-order valence-electron chi connectivity index (χ4n) is 3.62. The molecule has 0 radical (unpaired) electrons. The minimum absolute atomic E-state index is 0.910. The Labute approximate surface area is 159 Å². The average Bonchev–Trinajstić information content (AvgIpc) is 3.15. The molecular weight excluding hydrogens is 334 g/mol. The number of para-hydroxylation sites is 1.